The number of amides is 1. The number of likely N-dealkylation sites (N-methyl/N-ethyl adjacent to an activating group) is 1. The summed E-state index contributed by atoms with van der Waals surface area (Å²) >= 11 is 0. The second kappa shape index (κ2) is 8.49. The fraction of sp³-hybridized carbons (Fsp3) is 0.522. The van der Waals surface area contributed by atoms with Gasteiger partial charge in [-0.3, -0.25) is 4.79 Å². The minimum absolute atomic E-state index is 0.179. The number of hydrogen-bond donors (Lipinski definition) is 0. The van der Waals surface area contributed by atoms with Crippen LogP contribution in [0.5, 0.6) is 5.75 Å². The van der Waals surface area contributed by atoms with E-state index in [4.69, 9.17) is 9.72 Å². The molecule has 1 unspecified atom stereocenters. The number of hydrogen-bond acceptors (Lipinski definition) is 5. The number of ether oxygens (including phenoxy) is 1. The second-order valence-electron chi connectivity index (χ2n) is 8.35. The summed E-state index contributed by atoms with van der Waals surface area (Å²) in [6.45, 7) is 5.51. The third kappa shape index (κ3) is 4.42. The smallest absolute Gasteiger partial charge is 0.227 e. The zero-order valence-corrected chi connectivity index (χ0v) is 17.6. The molecule has 2 aliphatic heterocycles. The normalized spacial score (nSPS) is 19.7. The first-order valence-corrected chi connectivity index (χ1v) is 10.5. The molecule has 0 radical (unpaired) electrons. The van der Waals surface area contributed by atoms with Gasteiger partial charge in [-0.25, -0.2) is 9.97 Å². The number of benzene rings is 1. The minimum Gasteiger partial charge on any atom is -0.496 e. The Kier molecular flexibility index (Phi) is 5.81. The SMILES string of the molecule is COc1ccc(CC(=O)N2CCCC(c3ncc4c(n3)CCN(C)C4)C2)cc1C. The first-order valence-electron chi connectivity index (χ1n) is 10.5. The number of nitrogens with zero attached hydrogens (tertiary/aromatic N) is 4. The standard InChI is InChI=1S/C23H30N4O2/c1-16-11-17(6-7-21(16)29-3)12-22(28)27-9-4-5-18(15-27)23-24-13-19-14-26(2)10-8-20(19)25-23/h6-7,11,13,18H,4-5,8-10,12,14-15H2,1-3H3. The van der Waals surface area contributed by atoms with Gasteiger partial charge in [0.1, 0.15) is 11.6 Å². The maximum absolute atomic E-state index is 12.9. The van der Waals surface area contributed by atoms with E-state index in [-0.39, 0.29) is 11.8 Å². The second-order valence-corrected chi connectivity index (χ2v) is 8.35. The number of fused-ring (bicyclic) bond motifs is 1. The molecule has 6 heteroatoms. The molecule has 1 fully saturated rings. The molecule has 1 aromatic carbocycles. The number of methoxy groups -OCH3 is 1. The Balaban J connectivity index is 1.43. The molecule has 29 heavy (non-hydrogen) atoms. The van der Waals surface area contributed by atoms with Crippen LogP contribution in [-0.2, 0) is 24.2 Å². The van der Waals surface area contributed by atoms with Crippen molar-refractivity contribution in [2.45, 2.75) is 45.1 Å². The molecular formula is C23H30N4O2. The molecule has 6 nitrogen and oxygen atoms in total. The van der Waals surface area contributed by atoms with Gasteiger partial charge >= 0.3 is 0 Å². The molecular weight excluding hydrogens is 364 g/mol. The van der Waals surface area contributed by atoms with Crippen molar-refractivity contribution in [3.63, 3.8) is 0 Å². The van der Waals surface area contributed by atoms with Gasteiger partial charge in [0, 0.05) is 56.0 Å². The Labute approximate surface area is 172 Å². The monoisotopic (exact) mass is 394 g/mol. The van der Waals surface area contributed by atoms with Crippen molar-refractivity contribution in [2.75, 3.05) is 33.8 Å². The third-order valence-corrected chi connectivity index (χ3v) is 6.10. The van der Waals surface area contributed by atoms with E-state index in [2.05, 4.69) is 16.9 Å². The van der Waals surface area contributed by atoms with Crippen LogP contribution in [0.25, 0.3) is 0 Å². The lowest BCUT2D eigenvalue weighted by Crippen LogP contribution is -2.40. The summed E-state index contributed by atoms with van der Waals surface area (Å²) in [6.07, 6.45) is 5.45. The zero-order chi connectivity index (χ0) is 20.4. The van der Waals surface area contributed by atoms with E-state index in [1.54, 1.807) is 7.11 Å². The van der Waals surface area contributed by atoms with Gasteiger partial charge in [0.15, 0.2) is 0 Å². The highest BCUT2D eigenvalue weighted by Crippen LogP contribution is 2.27. The quantitative estimate of drug-likeness (QED) is 0.798. The van der Waals surface area contributed by atoms with Gasteiger partial charge in [0.05, 0.1) is 13.5 Å². The van der Waals surface area contributed by atoms with Gasteiger partial charge in [0.25, 0.3) is 0 Å². The molecule has 1 aromatic heterocycles. The average Bonchev–Trinajstić information content (AvgIpc) is 2.73. The van der Waals surface area contributed by atoms with Gasteiger partial charge in [0.2, 0.25) is 5.91 Å². The molecule has 1 amide bonds. The van der Waals surface area contributed by atoms with Crippen LogP contribution in [0.15, 0.2) is 24.4 Å². The molecule has 1 atom stereocenters. The number of carbonyl (C=O) groups excluding carboxylic acids is 1. The lowest BCUT2D eigenvalue weighted by Gasteiger charge is -2.33. The number of aromatic nitrogens is 2. The van der Waals surface area contributed by atoms with Crippen molar-refractivity contribution in [2.24, 2.45) is 0 Å². The number of aryl methyl sites for hydroxylation is 1. The highest BCUT2D eigenvalue weighted by atomic mass is 16.5. The fourth-order valence-electron chi connectivity index (χ4n) is 4.42. The van der Waals surface area contributed by atoms with Gasteiger partial charge in [-0.1, -0.05) is 12.1 Å². The first kappa shape index (κ1) is 19.8. The van der Waals surface area contributed by atoms with Crippen LogP contribution in [0.4, 0.5) is 0 Å². The highest BCUT2D eigenvalue weighted by Gasteiger charge is 2.27. The van der Waals surface area contributed by atoms with E-state index in [1.165, 1.54) is 11.3 Å². The van der Waals surface area contributed by atoms with Crippen LogP contribution in [0.2, 0.25) is 0 Å². The molecule has 2 aromatic rings. The predicted molar refractivity (Wildman–Crippen MR) is 112 cm³/mol. The Morgan fingerprint density at radius 2 is 2.17 bits per heavy atom. The largest absolute Gasteiger partial charge is 0.496 e. The van der Waals surface area contributed by atoms with E-state index in [1.807, 2.05) is 36.2 Å². The molecule has 0 aliphatic carbocycles. The molecule has 0 bridgehead atoms. The summed E-state index contributed by atoms with van der Waals surface area (Å²) in [5.74, 6) is 2.18. The van der Waals surface area contributed by atoms with Gasteiger partial charge in [-0.2, -0.15) is 0 Å². The molecule has 4 rings (SSSR count). The van der Waals surface area contributed by atoms with Crippen molar-refractivity contribution in [3.05, 3.63) is 52.6 Å². The Hall–Kier alpha value is -2.47. The maximum Gasteiger partial charge on any atom is 0.227 e. The molecule has 154 valence electrons. The maximum atomic E-state index is 12.9. The summed E-state index contributed by atoms with van der Waals surface area (Å²) in [5.41, 5.74) is 4.51. The summed E-state index contributed by atoms with van der Waals surface area (Å²) in [5, 5.41) is 0. The van der Waals surface area contributed by atoms with Gasteiger partial charge < -0.3 is 14.5 Å². The van der Waals surface area contributed by atoms with E-state index in [0.717, 1.165) is 61.6 Å². The topological polar surface area (TPSA) is 58.6 Å². The van der Waals surface area contributed by atoms with Crippen LogP contribution >= 0.6 is 0 Å². The van der Waals surface area contributed by atoms with Crippen LogP contribution < -0.4 is 4.74 Å². The lowest BCUT2D eigenvalue weighted by molar-refractivity contribution is -0.131. The predicted octanol–water partition coefficient (Wildman–Crippen LogP) is 2.73. The number of likely N-dealkylation sites (tertiary alicyclic amines) is 1. The summed E-state index contributed by atoms with van der Waals surface area (Å²) < 4.78 is 5.32. The molecule has 0 spiro atoms. The van der Waals surface area contributed by atoms with Crippen molar-refractivity contribution in [1.29, 1.82) is 0 Å². The van der Waals surface area contributed by atoms with E-state index in [0.29, 0.717) is 13.0 Å². The molecule has 0 N–H and O–H groups in total. The Bertz CT molecular complexity index is 898. The van der Waals surface area contributed by atoms with Crippen LogP contribution in [0.1, 0.15) is 47.0 Å². The summed E-state index contributed by atoms with van der Waals surface area (Å²) in [4.78, 5) is 26.8. The van der Waals surface area contributed by atoms with Crippen LogP contribution in [-0.4, -0.2) is 59.5 Å². The summed E-state index contributed by atoms with van der Waals surface area (Å²) in [7, 11) is 3.80. The first-order chi connectivity index (χ1) is 14.0. The Morgan fingerprint density at radius 3 is 2.97 bits per heavy atom. The van der Waals surface area contributed by atoms with Crippen LogP contribution in [0, 0.1) is 6.92 Å². The molecule has 1 saturated heterocycles. The van der Waals surface area contributed by atoms with Crippen molar-refractivity contribution < 1.29 is 9.53 Å². The minimum atomic E-state index is 0.179. The van der Waals surface area contributed by atoms with Gasteiger partial charge in [-0.05, 0) is 44.0 Å². The Morgan fingerprint density at radius 1 is 1.31 bits per heavy atom. The molecule has 0 saturated carbocycles. The number of carbonyl (C=O) groups is 1. The lowest BCUT2D eigenvalue weighted by atomic mass is 9.95. The number of piperidine rings is 1. The van der Waals surface area contributed by atoms with E-state index in [9.17, 15) is 4.79 Å². The third-order valence-electron chi connectivity index (χ3n) is 6.10. The highest BCUT2D eigenvalue weighted by molar-refractivity contribution is 5.79. The zero-order valence-electron chi connectivity index (χ0n) is 17.6. The van der Waals surface area contributed by atoms with Crippen molar-refractivity contribution in [3.8, 4) is 5.75 Å². The van der Waals surface area contributed by atoms with Crippen molar-refractivity contribution in [1.82, 2.24) is 19.8 Å². The number of rotatable bonds is 4. The molecule has 2 aliphatic rings. The van der Waals surface area contributed by atoms with E-state index >= 15 is 0 Å². The molecule has 3 heterocycles. The van der Waals surface area contributed by atoms with Crippen molar-refractivity contribution >= 4 is 5.91 Å². The van der Waals surface area contributed by atoms with Crippen LogP contribution in [0.3, 0.4) is 0 Å². The van der Waals surface area contributed by atoms with E-state index < -0.39 is 0 Å². The summed E-state index contributed by atoms with van der Waals surface area (Å²) in [6, 6.07) is 5.96. The average molecular weight is 395 g/mol. The fourth-order valence-corrected chi connectivity index (χ4v) is 4.42. The van der Waals surface area contributed by atoms with Gasteiger partial charge in [-0.15, -0.1) is 0 Å².